The molecule has 0 N–H and O–H groups in total. The molecule has 0 atom stereocenters. The lowest BCUT2D eigenvalue weighted by molar-refractivity contribution is -0.141. The van der Waals surface area contributed by atoms with Crippen molar-refractivity contribution in [3.05, 3.63) is 30.3 Å². The molecule has 0 saturated carbocycles. The zero-order valence-corrected chi connectivity index (χ0v) is 7.76. The van der Waals surface area contributed by atoms with Crippen molar-refractivity contribution in [2.75, 3.05) is 19.0 Å². The highest BCUT2D eigenvalue weighted by molar-refractivity contribution is 5.48. The van der Waals surface area contributed by atoms with E-state index in [9.17, 15) is 13.2 Å². The van der Waals surface area contributed by atoms with Gasteiger partial charge in [-0.25, -0.2) is 4.98 Å². The van der Waals surface area contributed by atoms with E-state index in [4.69, 9.17) is 6.92 Å². The molecule has 5 heteroatoms. The third-order valence-corrected chi connectivity index (χ3v) is 1.62. The zero-order chi connectivity index (χ0) is 10.9. The Balaban J connectivity index is 3.20. The van der Waals surface area contributed by atoms with Gasteiger partial charge in [0, 0.05) is 21.0 Å². The van der Waals surface area contributed by atoms with Crippen molar-refractivity contribution in [2.24, 2.45) is 0 Å². The fourth-order valence-electron chi connectivity index (χ4n) is 0.975. The Labute approximate surface area is 80.4 Å². The molecule has 0 amide bonds. The number of halogens is 3. The van der Waals surface area contributed by atoms with Gasteiger partial charge in [-0.3, -0.25) is 0 Å². The van der Waals surface area contributed by atoms with Gasteiger partial charge in [-0.2, -0.15) is 13.2 Å². The molecule has 1 aromatic heterocycles. The van der Waals surface area contributed by atoms with Gasteiger partial charge < -0.3 is 4.90 Å². The van der Waals surface area contributed by atoms with Crippen LogP contribution >= 0.6 is 0 Å². The second-order valence-electron chi connectivity index (χ2n) is 3.00. The van der Waals surface area contributed by atoms with E-state index in [-0.39, 0.29) is 11.4 Å². The molecule has 1 aromatic rings. The number of aromatic nitrogens is 1. The quantitative estimate of drug-likeness (QED) is 0.694. The van der Waals surface area contributed by atoms with Gasteiger partial charge in [-0.05, 0) is 11.6 Å². The van der Waals surface area contributed by atoms with Crippen molar-refractivity contribution < 1.29 is 13.2 Å². The standard InChI is InChI=1S/C9H9F3N2/c1-6-4-5-7(9(10,11)12)13-8(6)14(2)3/h1,4-5H,2-3H3. The summed E-state index contributed by atoms with van der Waals surface area (Å²) in [5.74, 6) is 0.125. The first-order valence-corrected chi connectivity index (χ1v) is 3.83. The maximum atomic E-state index is 12.2. The number of pyridine rings is 1. The summed E-state index contributed by atoms with van der Waals surface area (Å²) < 4.78 is 36.7. The summed E-state index contributed by atoms with van der Waals surface area (Å²) in [5.41, 5.74) is -0.710. The molecule has 2 nitrogen and oxygen atoms in total. The van der Waals surface area contributed by atoms with Gasteiger partial charge in [-0.1, -0.05) is 6.07 Å². The van der Waals surface area contributed by atoms with Crippen LogP contribution in [0.25, 0.3) is 0 Å². The van der Waals surface area contributed by atoms with Crippen LogP contribution < -0.4 is 4.90 Å². The molecular weight excluding hydrogens is 193 g/mol. The molecule has 0 spiro atoms. The Morgan fingerprint density at radius 3 is 2.29 bits per heavy atom. The summed E-state index contributed by atoms with van der Waals surface area (Å²) in [7, 11) is 3.16. The van der Waals surface area contributed by atoms with Gasteiger partial charge in [0.1, 0.15) is 11.5 Å². The molecule has 0 aliphatic heterocycles. The fraction of sp³-hybridized carbons (Fsp3) is 0.333. The molecule has 14 heavy (non-hydrogen) atoms. The van der Waals surface area contributed by atoms with E-state index in [1.54, 1.807) is 14.1 Å². The Bertz CT molecular complexity index is 331. The summed E-state index contributed by atoms with van der Waals surface area (Å²) in [5, 5.41) is 0. The fourth-order valence-corrected chi connectivity index (χ4v) is 0.975. The molecule has 0 fully saturated rings. The van der Waals surface area contributed by atoms with Gasteiger partial charge in [0.15, 0.2) is 0 Å². The van der Waals surface area contributed by atoms with E-state index < -0.39 is 11.9 Å². The topological polar surface area (TPSA) is 16.1 Å². The highest BCUT2D eigenvalue weighted by Gasteiger charge is 2.32. The van der Waals surface area contributed by atoms with Crippen LogP contribution in [0.3, 0.4) is 0 Å². The normalized spacial score (nSPS) is 11.6. The Morgan fingerprint density at radius 2 is 1.86 bits per heavy atom. The van der Waals surface area contributed by atoms with Crippen molar-refractivity contribution in [3.8, 4) is 0 Å². The van der Waals surface area contributed by atoms with Crippen LogP contribution in [0.15, 0.2) is 12.1 Å². The maximum Gasteiger partial charge on any atom is 0.433 e. The third kappa shape index (κ3) is 2.16. The van der Waals surface area contributed by atoms with Gasteiger partial charge in [-0.15, -0.1) is 0 Å². The predicted octanol–water partition coefficient (Wildman–Crippen LogP) is 2.23. The van der Waals surface area contributed by atoms with Crippen molar-refractivity contribution in [2.45, 2.75) is 6.18 Å². The summed E-state index contributed by atoms with van der Waals surface area (Å²) in [6.07, 6.45) is -4.43. The van der Waals surface area contributed by atoms with Crippen molar-refractivity contribution >= 4 is 5.82 Å². The van der Waals surface area contributed by atoms with E-state index in [1.807, 2.05) is 0 Å². The highest BCUT2D eigenvalue weighted by Crippen LogP contribution is 2.29. The van der Waals surface area contributed by atoms with Crippen LogP contribution in [-0.2, 0) is 6.18 Å². The van der Waals surface area contributed by atoms with Crippen molar-refractivity contribution in [1.29, 1.82) is 0 Å². The minimum Gasteiger partial charge on any atom is -0.362 e. The summed E-state index contributed by atoms with van der Waals surface area (Å²) >= 11 is 0. The van der Waals surface area contributed by atoms with Crippen molar-refractivity contribution in [3.63, 3.8) is 0 Å². The highest BCUT2D eigenvalue weighted by atomic mass is 19.4. The molecule has 0 aromatic carbocycles. The molecule has 0 bridgehead atoms. The third-order valence-electron chi connectivity index (χ3n) is 1.62. The van der Waals surface area contributed by atoms with E-state index in [0.29, 0.717) is 0 Å². The predicted molar refractivity (Wildman–Crippen MR) is 47.0 cm³/mol. The SMILES string of the molecule is [CH]c1ccc(C(F)(F)F)nc1N(C)C. The summed E-state index contributed by atoms with van der Waals surface area (Å²) in [4.78, 5) is 4.85. The average molecular weight is 202 g/mol. The Kier molecular flexibility index (Phi) is 2.69. The molecule has 1 rings (SSSR count). The first-order chi connectivity index (χ1) is 6.32. The molecule has 0 aliphatic carbocycles. The summed E-state index contributed by atoms with van der Waals surface area (Å²) in [6.45, 7) is 5.46. The van der Waals surface area contributed by atoms with Crippen LogP contribution in [0, 0.1) is 6.92 Å². The Hall–Kier alpha value is -1.26. The number of hydrogen-bond donors (Lipinski definition) is 0. The first kappa shape index (κ1) is 10.8. The number of rotatable bonds is 1. The van der Waals surface area contributed by atoms with Crippen LogP contribution in [-0.4, -0.2) is 19.1 Å². The van der Waals surface area contributed by atoms with E-state index in [2.05, 4.69) is 4.98 Å². The van der Waals surface area contributed by atoms with Gasteiger partial charge in [0.2, 0.25) is 0 Å². The molecule has 76 valence electrons. The lowest BCUT2D eigenvalue weighted by atomic mass is 10.2. The van der Waals surface area contributed by atoms with Gasteiger partial charge >= 0.3 is 6.18 Å². The lowest BCUT2D eigenvalue weighted by Crippen LogP contribution is -2.16. The van der Waals surface area contributed by atoms with Gasteiger partial charge in [0.05, 0.1) is 0 Å². The summed E-state index contributed by atoms with van der Waals surface area (Å²) in [6, 6.07) is 2.06. The minimum absolute atomic E-state index is 0.125. The zero-order valence-electron chi connectivity index (χ0n) is 7.76. The molecular formula is C9H9F3N2. The molecule has 0 unspecified atom stereocenters. The van der Waals surface area contributed by atoms with Crippen LogP contribution in [0.2, 0.25) is 0 Å². The smallest absolute Gasteiger partial charge is 0.362 e. The number of alkyl halides is 3. The second kappa shape index (κ2) is 3.48. The van der Waals surface area contributed by atoms with Crippen LogP contribution in [0.5, 0.6) is 0 Å². The molecule has 1 heterocycles. The Morgan fingerprint density at radius 1 is 1.29 bits per heavy atom. The monoisotopic (exact) mass is 202 g/mol. The second-order valence-corrected chi connectivity index (χ2v) is 3.00. The van der Waals surface area contributed by atoms with E-state index in [1.165, 1.54) is 11.0 Å². The van der Waals surface area contributed by atoms with Crippen LogP contribution in [0.4, 0.5) is 19.0 Å². The maximum absolute atomic E-state index is 12.2. The molecule has 2 radical (unpaired) electrons. The van der Waals surface area contributed by atoms with E-state index in [0.717, 1.165) is 6.07 Å². The molecule has 0 saturated heterocycles. The molecule has 0 aliphatic rings. The average Bonchev–Trinajstić information content (AvgIpc) is 2.02. The minimum atomic E-state index is -4.43. The van der Waals surface area contributed by atoms with E-state index >= 15 is 0 Å². The van der Waals surface area contributed by atoms with Crippen LogP contribution in [0.1, 0.15) is 11.3 Å². The van der Waals surface area contributed by atoms with Gasteiger partial charge in [0.25, 0.3) is 0 Å². The lowest BCUT2D eigenvalue weighted by Gasteiger charge is -2.16. The first-order valence-electron chi connectivity index (χ1n) is 3.83. The number of anilines is 1. The van der Waals surface area contributed by atoms with Crippen molar-refractivity contribution in [1.82, 2.24) is 4.98 Å². The number of hydrogen-bond acceptors (Lipinski definition) is 2. The largest absolute Gasteiger partial charge is 0.433 e. The number of nitrogens with zero attached hydrogens (tertiary/aromatic N) is 2.